The van der Waals surface area contributed by atoms with Crippen molar-refractivity contribution < 1.29 is 4.39 Å². The van der Waals surface area contributed by atoms with Crippen LogP contribution in [-0.2, 0) is 0 Å². The normalized spacial score (nSPS) is 11.5. The molecule has 0 amide bonds. The molecular weight excluding hydrogens is 224 g/mol. The minimum absolute atomic E-state index is 0.201. The van der Waals surface area contributed by atoms with Crippen molar-refractivity contribution in [2.75, 3.05) is 11.9 Å². The van der Waals surface area contributed by atoms with E-state index < -0.39 is 5.67 Å². The van der Waals surface area contributed by atoms with Crippen molar-refractivity contribution in [3.8, 4) is 0 Å². The van der Waals surface area contributed by atoms with Gasteiger partial charge in [0.15, 0.2) is 0 Å². The Balaban J connectivity index is 2.72. The summed E-state index contributed by atoms with van der Waals surface area (Å²) < 4.78 is 13.2. The van der Waals surface area contributed by atoms with E-state index in [1.165, 1.54) is 13.8 Å². The van der Waals surface area contributed by atoms with Crippen LogP contribution in [0.3, 0.4) is 0 Å². The van der Waals surface area contributed by atoms with Crippen LogP contribution in [0.25, 0.3) is 0 Å². The number of nitrogens with one attached hydrogen (secondary N) is 1. The van der Waals surface area contributed by atoms with E-state index >= 15 is 0 Å². The summed E-state index contributed by atoms with van der Waals surface area (Å²) in [7, 11) is 0. The second-order valence-electron chi connectivity index (χ2n) is 3.70. The Hall–Kier alpha value is -0.470. The van der Waals surface area contributed by atoms with Gasteiger partial charge in [-0.3, -0.25) is 0 Å². The van der Waals surface area contributed by atoms with Crippen LogP contribution >= 0.6 is 23.2 Å². The van der Waals surface area contributed by atoms with Crippen LogP contribution in [0.5, 0.6) is 0 Å². The molecule has 1 nitrogen and oxygen atoms in total. The van der Waals surface area contributed by atoms with E-state index in [1.807, 2.05) is 0 Å². The molecule has 0 fully saturated rings. The van der Waals surface area contributed by atoms with Gasteiger partial charge in [0.25, 0.3) is 0 Å². The predicted molar refractivity (Wildman–Crippen MR) is 60.1 cm³/mol. The van der Waals surface area contributed by atoms with E-state index in [9.17, 15) is 4.39 Å². The summed E-state index contributed by atoms with van der Waals surface area (Å²) in [5, 5.41) is 4.02. The fraction of sp³-hybridized carbons (Fsp3) is 0.400. The fourth-order valence-electron chi connectivity index (χ4n) is 0.938. The molecule has 0 aliphatic heterocycles. The number of alkyl halides is 1. The summed E-state index contributed by atoms with van der Waals surface area (Å²) in [4.78, 5) is 0. The van der Waals surface area contributed by atoms with Gasteiger partial charge in [0.1, 0.15) is 5.67 Å². The summed E-state index contributed by atoms with van der Waals surface area (Å²) >= 11 is 11.7. The van der Waals surface area contributed by atoms with Crippen molar-refractivity contribution in [3.05, 3.63) is 28.2 Å². The van der Waals surface area contributed by atoms with Gasteiger partial charge in [0.05, 0.1) is 10.7 Å². The molecule has 0 bridgehead atoms. The van der Waals surface area contributed by atoms with Crippen molar-refractivity contribution in [1.82, 2.24) is 0 Å². The molecule has 0 aromatic heterocycles. The Labute approximate surface area is 93.2 Å². The zero-order chi connectivity index (χ0) is 10.8. The Kier molecular flexibility index (Phi) is 3.62. The molecular formula is C10H12Cl2FN. The number of anilines is 1. The lowest BCUT2D eigenvalue weighted by atomic mass is 10.1. The average Bonchev–Trinajstić information content (AvgIpc) is 2.05. The number of hydrogen-bond acceptors (Lipinski definition) is 1. The first-order valence-corrected chi connectivity index (χ1v) is 5.02. The summed E-state index contributed by atoms with van der Waals surface area (Å²) in [6.45, 7) is 3.20. The summed E-state index contributed by atoms with van der Waals surface area (Å²) in [5.74, 6) is 0. The SMILES string of the molecule is CC(C)(F)CNc1cc(Cl)ccc1Cl. The number of halogens is 3. The standard InChI is InChI=1S/C10H12Cl2FN/c1-10(2,13)6-14-9-5-7(11)3-4-8(9)12/h3-5,14H,6H2,1-2H3. The quantitative estimate of drug-likeness (QED) is 0.831. The van der Waals surface area contributed by atoms with Crippen molar-refractivity contribution >= 4 is 28.9 Å². The second kappa shape index (κ2) is 4.37. The first-order chi connectivity index (χ1) is 6.38. The average molecular weight is 236 g/mol. The maximum Gasteiger partial charge on any atom is 0.122 e. The van der Waals surface area contributed by atoms with E-state index in [-0.39, 0.29) is 6.54 Å². The second-order valence-corrected chi connectivity index (χ2v) is 4.54. The largest absolute Gasteiger partial charge is 0.381 e. The molecule has 0 aliphatic carbocycles. The third-order valence-electron chi connectivity index (χ3n) is 1.63. The molecule has 0 saturated heterocycles. The van der Waals surface area contributed by atoms with E-state index in [4.69, 9.17) is 23.2 Å². The highest BCUT2D eigenvalue weighted by Crippen LogP contribution is 2.26. The van der Waals surface area contributed by atoms with Crippen LogP contribution in [-0.4, -0.2) is 12.2 Å². The molecule has 0 atom stereocenters. The molecule has 1 N–H and O–H groups in total. The lowest BCUT2D eigenvalue weighted by Gasteiger charge is -2.16. The van der Waals surface area contributed by atoms with Gasteiger partial charge >= 0.3 is 0 Å². The third kappa shape index (κ3) is 3.72. The smallest absolute Gasteiger partial charge is 0.122 e. The molecule has 1 aromatic carbocycles. The first-order valence-electron chi connectivity index (χ1n) is 4.26. The van der Waals surface area contributed by atoms with Gasteiger partial charge in [-0.2, -0.15) is 0 Å². The van der Waals surface area contributed by atoms with Crippen LogP contribution < -0.4 is 5.32 Å². The minimum Gasteiger partial charge on any atom is -0.381 e. The molecule has 1 aromatic rings. The molecule has 1 rings (SSSR count). The van der Waals surface area contributed by atoms with Crippen LogP contribution in [0.15, 0.2) is 18.2 Å². The van der Waals surface area contributed by atoms with E-state index in [2.05, 4.69) is 5.32 Å². The highest BCUT2D eigenvalue weighted by molar-refractivity contribution is 6.35. The predicted octanol–water partition coefficient (Wildman–Crippen LogP) is 4.15. The van der Waals surface area contributed by atoms with Crippen LogP contribution in [0.1, 0.15) is 13.8 Å². The number of hydrogen-bond donors (Lipinski definition) is 1. The molecule has 0 saturated carbocycles. The Morgan fingerprint density at radius 3 is 2.57 bits per heavy atom. The van der Waals surface area contributed by atoms with Crippen LogP contribution in [0.4, 0.5) is 10.1 Å². The summed E-state index contributed by atoms with van der Waals surface area (Å²) in [5.41, 5.74) is -0.615. The molecule has 4 heteroatoms. The van der Waals surface area contributed by atoms with Crippen molar-refractivity contribution in [2.45, 2.75) is 19.5 Å². The summed E-state index contributed by atoms with van der Waals surface area (Å²) in [6, 6.07) is 5.04. The van der Waals surface area contributed by atoms with Gasteiger partial charge in [-0.05, 0) is 32.0 Å². The fourth-order valence-corrected chi connectivity index (χ4v) is 1.29. The van der Waals surface area contributed by atoms with E-state index in [1.54, 1.807) is 18.2 Å². The molecule has 0 heterocycles. The molecule has 0 aliphatic rings. The first kappa shape index (κ1) is 11.6. The van der Waals surface area contributed by atoms with Crippen LogP contribution in [0.2, 0.25) is 10.0 Å². The Morgan fingerprint density at radius 2 is 2.00 bits per heavy atom. The lowest BCUT2D eigenvalue weighted by molar-refractivity contribution is 0.235. The Morgan fingerprint density at radius 1 is 1.36 bits per heavy atom. The van der Waals surface area contributed by atoms with Crippen molar-refractivity contribution in [2.24, 2.45) is 0 Å². The van der Waals surface area contributed by atoms with Gasteiger partial charge in [-0.15, -0.1) is 0 Å². The van der Waals surface area contributed by atoms with E-state index in [0.29, 0.717) is 15.7 Å². The lowest BCUT2D eigenvalue weighted by Crippen LogP contribution is -2.24. The number of benzene rings is 1. The van der Waals surface area contributed by atoms with Crippen molar-refractivity contribution in [3.63, 3.8) is 0 Å². The van der Waals surface area contributed by atoms with Crippen LogP contribution in [0, 0.1) is 0 Å². The zero-order valence-corrected chi connectivity index (χ0v) is 9.58. The van der Waals surface area contributed by atoms with Crippen molar-refractivity contribution in [1.29, 1.82) is 0 Å². The zero-order valence-electron chi connectivity index (χ0n) is 8.07. The van der Waals surface area contributed by atoms with Gasteiger partial charge < -0.3 is 5.32 Å². The topological polar surface area (TPSA) is 12.0 Å². The highest BCUT2D eigenvalue weighted by atomic mass is 35.5. The highest BCUT2D eigenvalue weighted by Gasteiger charge is 2.15. The summed E-state index contributed by atoms with van der Waals surface area (Å²) in [6.07, 6.45) is 0. The maximum atomic E-state index is 13.2. The number of rotatable bonds is 3. The molecule has 78 valence electrons. The molecule has 14 heavy (non-hydrogen) atoms. The molecule has 0 unspecified atom stereocenters. The maximum absolute atomic E-state index is 13.2. The molecule has 0 radical (unpaired) electrons. The van der Waals surface area contributed by atoms with Gasteiger partial charge in [0.2, 0.25) is 0 Å². The monoisotopic (exact) mass is 235 g/mol. The van der Waals surface area contributed by atoms with Gasteiger partial charge in [0, 0.05) is 11.6 Å². The van der Waals surface area contributed by atoms with Gasteiger partial charge in [-0.25, -0.2) is 4.39 Å². The van der Waals surface area contributed by atoms with Gasteiger partial charge in [-0.1, -0.05) is 23.2 Å². The third-order valence-corrected chi connectivity index (χ3v) is 2.19. The molecule has 0 spiro atoms. The Bertz CT molecular complexity index is 320. The van der Waals surface area contributed by atoms with E-state index in [0.717, 1.165) is 0 Å². The minimum atomic E-state index is -1.27.